The largest absolute Gasteiger partial charge is 0.355 e. The summed E-state index contributed by atoms with van der Waals surface area (Å²) in [6.45, 7) is 5.77. The monoisotopic (exact) mass is 415 g/mol. The number of rotatable bonds is 10. The molecule has 1 aromatic heterocycles. The van der Waals surface area contributed by atoms with E-state index in [0.717, 1.165) is 25.1 Å². The van der Waals surface area contributed by atoms with Crippen LogP contribution in [0.3, 0.4) is 0 Å². The van der Waals surface area contributed by atoms with E-state index in [-0.39, 0.29) is 29.8 Å². The molecule has 1 aliphatic carbocycles. The van der Waals surface area contributed by atoms with Gasteiger partial charge >= 0.3 is 0 Å². The fraction of sp³-hybridized carbons (Fsp3) is 0.636. The molecule has 0 spiro atoms. The molecule has 3 N–H and O–H groups in total. The van der Waals surface area contributed by atoms with E-state index >= 15 is 0 Å². The Labute approximate surface area is 178 Å². The number of hydrogen-bond acceptors (Lipinski definition) is 5. The minimum atomic E-state index is -0.0954. The Kier molecular flexibility index (Phi) is 7.79. The highest BCUT2D eigenvalue weighted by Crippen LogP contribution is 2.35. The molecule has 30 heavy (non-hydrogen) atoms. The van der Waals surface area contributed by atoms with Crippen LogP contribution in [-0.4, -0.2) is 65.9 Å². The van der Waals surface area contributed by atoms with Crippen LogP contribution in [0.4, 0.5) is 0 Å². The Bertz CT molecular complexity index is 765. The van der Waals surface area contributed by atoms with Gasteiger partial charge in [0.05, 0.1) is 5.56 Å². The van der Waals surface area contributed by atoms with Crippen molar-refractivity contribution in [3.05, 3.63) is 29.6 Å². The van der Waals surface area contributed by atoms with Crippen molar-refractivity contribution in [2.45, 2.75) is 58.0 Å². The number of hydrogen-bond donors (Lipinski definition) is 3. The summed E-state index contributed by atoms with van der Waals surface area (Å²) in [7, 11) is 0. The number of pyridine rings is 1. The maximum atomic E-state index is 12.6. The van der Waals surface area contributed by atoms with Crippen LogP contribution in [0.1, 0.15) is 55.1 Å². The Morgan fingerprint density at radius 3 is 2.50 bits per heavy atom. The predicted octanol–water partition coefficient (Wildman–Crippen LogP) is 1.01. The molecule has 1 aliphatic heterocycles. The van der Waals surface area contributed by atoms with Crippen LogP contribution in [0.15, 0.2) is 18.3 Å². The molecule has 1 saturated carbocycles. The summed E-state index contributed by atoms with van der Waals surface area (Å²) >= 11 is 0. The van der Waals surface area contributed by atoms with E-state index in [9.17, 15) is 14.4 Å². The first-order valence-corrected chi connectivity index (χ1v) is 10.9. The summed E-state index contributed by atoms with van der Waals surface area (Å²) in [5, 5.41) is 8.64. The highest BCUT2D eigenvalue weighted by molar-refractivity contribution is 5.95. The third-order valence-electron chi connectivity index (χ3n) is 5.93. The first-order valence-electron chi connectivity index (χ1n) is 10.9. The quantitative estimate of drug-likeness (QED) is 0.495. The molecule has 0 unspecified atom stereocenters. The molecule has 0 radical (unpaired) electrons. The van der Waals surface area contributed by atoms with E-state index in [1.165, 1.54) is 19.8 Å². The van der Waals surface area contributed by atoms with Gasteiger partial charge in [-0.05, 0) is 50.7 Å². The Balaban J connectivity index is 1.50. The van der Waals surface area contributed by atoms with Gasteiger partial charge in [-0.3, -0.25) is 24.3 Å². The Morgan fingerprint density at radius 2 is 1.80 bits per heavy atom. The van der Waals surface area contributed by atoms with Gasteiger partial charge in [0.2, 0.25) is 11.8 Å². The third kappa shape index (κ3) is 6.52. The van der Waals surface area contributed by atoms with Gasteiger partial charge in [0.1, 0.15) is 0 Å². The van der Waals surface area contributed by atoms with Crippen molar-refractivity contribution >= 4 is 17.7 Å². The van der Waals surface area contributed by atoms with Gasteiger partial charge in [-0.1, -0.05) is 0 Å². The predicted molar refractivity (Wildman–Crippen MR) is 114 cm³/mol. The van der Waals surface area contributed by atoms with Crippen LogP contribution < -0.4 is 16.0 Å². The summed E-state index contributed by atoms with van der Waals surface area (Å²) in [4.78, 5) is 42.4. The topological polar surface area (TPSA) is 103 Å². The van der Waals surface area contributed by atoms with Crippen LogP contribution in [-0.2, 0) is 9.59 Å². The molecule has 2 atom stereocenters. The van der Waals surface area contributed by atoms with Crippen molar-refractivity contribution in [2.24, 2.45) is 5.92 Å². The van der Waals surface area contributed by atoms with Gasteiger partial charge in [0.15, 0.2) is 0 Å². The molecule has 8 nitrogen and oxygen atoms in total. The van der Waals surface area contributed by atoms with Gasteiger partial charge in [-0.15, -0.1) is 0 Å². The van der Waals surface area contributed by atoms with E-state index in [1.54, 1.807) is 18.3 Å². The van der Waals surface area contributed by atoms with Crippen molar-refractivity contribution in [2.75, 3.05) is 26.2 Å². The number of likely N-dealkylation sites (tertiary alicyclic amines) is 1. The minimum Gasteiger partial charge on any atom is -0.355 e. The molecule has 0 bridgehead atoms. The second-order valence-electron chi connectivity index (χ2n) is 8.41. The first-order chi connectivity index (χ1) is 14.4. The SMILES string of the molecule is CC(=O)NCCNC(=O)C[C@H]1CC[C@@H](CNC(=O)c2cccnc2C)N1CC1CC1. The number of aromatic nitrogens is 1. The van der Waals surface area contributed by atoms with E-state index in [0.29, 0.717) is 37.5 Å². The highest BCUT2D eigenvalue weighted by atomic mass is 16.2. The molecule has 164 valence electrons. The molecular formula is C22H33N5O3. The van der Waals surface area contributed by atoms with Crippen LogP contribution in [0.25, 0.3) is 0 Å². The van der Waals surface area contributed by atoms with E-state index in [2.05, 4.69) is 25.8 Å². The van der Waals surface area contributed by atoms with E-state index in [1.807, 2.05) is 6.92 Å². The molecule has 2 fully saturated rings. The van der Waals surface area contributed by atoms with Crippen molar-refractivity contribution < 1.29 is 14.4 Å². The van der Waals surface area contributed by atoms with Gasteiger partial charge in [0.25, 0.3) is 5.91 Å². The lowest BCUT2D eigenvalue weighted by Gasteiger charge is -2.30. The van der Waals surface area contributed by atoms with Gasteiger partial charge in [0, 0.05) is 63.5 Å². The molecule has 8 heteroatoms. The number of carbonyl (C=O) groups is 3. The normalized spacial score (nSPS) is 21.3. The van der Waals surface area contributed by atoms with Crippen molar-refractivity contribution in [1.82, 2.24) is 25.8 Å². The molecule has 1 saturated heterocycles. The molecule has 1 aromatic rings. The van der Waals surface area contributed by atoms with Crippen LogP contribution in [0.5, 0.6) is 0 Å². The molecular weight excluding hydrogens is 382 g/mol. The highest BCUT2D eigenvalue weighted by Gasteiger charge is 2.38. The second-order valence-corrected chi connectivity index (χ2v) is 8.41. The number of nitrogens with one attached hydrogen (secondary N) is 3. The third-order valence-corrected chi connectivity index (χ3v) is 5.93. The zero-order chi connectivity index (χ0) is 21.5. The molecule has 2 aliphatic rings. The number of amides is 3. The fourth-order valence-electron chi connectivity index (χ4n) is 4.11. The van der Waals surface area contributed by atoms with E-state index < -0.39 is 0 Å². The minimum absolute atomic E-state index is 0.0156. The van der Waals surface area contributed by atoms with Gasteiger partial charge in [-0.2, -0.15) is 0 Å². The van der Waals surface area contributed by atoms with Gasteiger partial charge < -0.3 is 16.0 Å². The Hall–Kier alpha value is -2.48. The van der Waals surface area contributed by atoms with Crippen molar-refractivity contribution in [3.63, 3.8) is 0 Å². The lowest BCUT2D eigenvalue weighted by molar-refractivity contribution is -0.123. The van der Waals surface area contributed by atoms with Crippen molar-refractivity contribution in [1.29, 1.82) is 0 Å². The lowest BCUT2D eigenvalue weighted by atomic mass is 10.1. The maximum absolute atomic E-state index is 12.6. The average molecular weight is 416 g/mol. The number of nitrogens with zero attached hydrogens (tertiary/aromatic N) is 2. The first kappa shape index (κ1) is 22.2. The summed E-state index contributed by atoms with van der Waals surface area (Å²) < 4.78 is 0. The standard InChI is InChI=1S/C22H33N5O3/c1-15-20(4-3-9-23-15)22(30)26-13-19-8-7-18(27(19)14-17-5-6-17)12-21(29)25-11-10-24-16(2)28/h3-4,9,17-19H,5-8,10-14H2,1-2H3,(H,24,28)(H,25,29)(H,26,30)/t18-,19+/m1/s1. The number of aryl methyl sites for hydroxylation is 1. The van der Waals surface area contributed by atoms with Crippen LogP contribution >= 0.6 is 0 Å². The summed E-state index contributed by atoms with van der Waals surface area (Å²) in [5.74, 6) is 0.544. The fourth-order valence-corrected chi connectivity index (χ4v) is 4.11. The second kappa shape index (κ2) is 10.5. The molecule has 2 heterocycles. The zero-order valence-corrected chi connectivity index (χ0v) is 17.9. The molecule has 3 amide bonds. The zero-order valence-electron chi connectivity index (χ0n) is 17.9. The van der Waals surface area contributed by atoms with Crippen LogP contribution in [0.2, 0.25) is 0 Å². The van der Waals surface area contributed by atoms with Crippen LogP contribution in [0, 0.1) is 12.8 Å². The smallest absolute Gasteiger partial charge is 0.253 e. The Morgan fingerprint density at radius 1 is 1.07 bits per heavy atom. The summed E-state index contributed by atoms with van der Waals surface area (Å²) in [6.07, 6.45) is 6.58. The van der Waals surface area contributed by atoms with Crippen molar-refractivity contribution in [3.8, 4) is 0 Å². The summed E-state index contributed by atoms with van der Waals surface area (Å²) in [5.41, 5.74) is 1.34. The van der Waals surface area contributed by atoms with Gasteiger partial charge in [-0.25, -0.2) is 0 Å². The lowest BCUT2D eigenvalue weighted by Crippen LogP contribution is -2.46. The maximum Gasteiger partial charge on any atom is 0.253 e. The molecule has 0 aromatic carbocycles. The number of carbonyl (C=O) groups excluding carboxylic acids is 3. The summed E-state index contributed by atoms with van der Waals surface area (Å²) in [6, 6.07) is 4.02. The van der Waals surface area contributed by atoms with E-state index in [4.69, 9.17) is 0 Å². The molecule has 3 rings (SSSR count). The average Bonchev–Trinajstić information content (AvgIpc) is 3.46.